The highest BCUT2D eigenvalue weighted by molar-refractivity contribution is 9.10. The Hall–Kier alpha value is -2.33. The van der Waals surface area contributed by atoms with Gasteiger partial charge in [0.1, 0.15) is 0 Å². The maximum Gasteiger partial charge on any atom is 0.238 e. The highest BCUT2D eigenvalue weighted by Crippen LogP contribution is 2.31. The number of hydrogen-bond donors (Lipinski definition) is 1. The Morgan fingerprint density at radius 2 is 2.00 bits per heavy atom. The molecular weight excluding hydrogens is 492 g/mol. The minimum absolute atomic E-state index is 0.0817. The van der Waals surface area contributed by atoms with Crippen LogP contribution in [-0.4, -0.2) is 55.3 Å². The molecule has 1 aliphatic heterocycles. The minimum Gasteiger partial charge on any atom is -0.341 e. The molecular formula is C23H25BrN4O3S. The Bertz CT molecular complexity index is 1250. The molecule has 168 valence electrons. The lowest BCUT2D eigenvalue weighted by molar-refractivity contribution is -0.128. The van der Waals surface area contributed by atoms with Crippen LogP contribution in [0.3, 0.4) is 0 Å². The van der Waals surface area contributed by atoms with Crippen LogP contribution in [0.15, 0.2) is 64.2 Å². The van der Waals surface area contributed by atoms with Gasteiger partial charge in [0.2, 0.25) is 15.9 Å². The largest absolute Gasteiger partial charge is 0.341 e. The number of halogens is 1. The first-order valence-electron chi connectivity index (χ1n) is 10.3. The third kappa shape index (κ3) is 5.01. The monoisotopic (exact) mass is 516 g/mol. The second-order valence-electron chi connectivity index (χ2n) is 8.15. The molecule has 0 radical (unpaired) electrons. The number of aromatic nitrogens is 1. The second-order valence-corrected chi connectivity index (χ2v) is 10.5. The summed E-state index contributed by atoms with van der Waals surface area (Å²) in [7, 11) is -3.75. The molecule has 3 aromatic rings. The molecule has 7 nitrogen and oxygen atoms in total. The number of primary sulfonamides is 1. The fourth-order valence-electron chi connectivity index (χ4n) is 4.19. The van der Waals surface area contributed by atoms with E-state index >= 15 is 0 Å². The zero-order chi connectivity index (χ0) is 22.9. The van der Waals surface area contributed by atoms with Crippen molar-refractivity contribution in [2.24, 2.45) is 5.14 Å². The van der Waals surface area contributed by atoms with Gasteiger partial charge in [-0.25, -0.2) is 13.6 Å². The smallest absolute Gasteiger partial charge is 0.238 e. The summed E-state index contributed by atoms with van der Waals surface area (Å²) in [5.41, 5.74) is 2.22. The summed E-state index contributed by atoms with van der Waals surface area (Å²) in [6, 6.07) is 12.8. The van der Waals surface area contributed by atoms with E-state index in [1.807, 2.05) is 29.3 Å². The lowest BCUT2D eigenvalue weighted by atomic mass is 9.99. The molecule has 32 heavy (non-hydrogen) atoms. The van der Waals surface area contributed by atoms with Gasteiger partial charge < -0.3 is 4.90 Å². The van der Waals surface area contributed by atoms with Gasteiger partial charge in [0.05, 0.1) is 4.90 Å². The molecule has 0 spiro atoms. The first-order chi connectivity index (χ1) is 15.2. The standard InChI is InChI=1S/C23H25BrN4O3S/c1-16(29)28-10-9-27(14-20(15-28)18-3-2-8-26-12-18)13-19-5-4-17-11-21(32(25,30)31)6-7-22(17)23(19)24/h2-8,11-12,20H,9-10,13-15H2,1H3,(H2,25,30,31)/t20-/m1/s1. The van der Waals surface area contributed by atoms with Crippen LogP contribution in [0.25, 0.3) is 10.8 Å². The Kier molecular flexibility index (Phi) is 6.62. The van der Waals surface area contributed by atoms with Gasteiger partial charge in [-0.15, -0.1) is 0 Å². The van der Waals surface area contributed by atoms with Crippen LogP contribution in [0.5, 0.6) is 0 Å². The number of pyridine rings is 1. The average Bonchev–Trinajstić information content (AvgIpc) is 2.98. The molecule has 1 fully saturated rings. The van der Waals surface area contributed by atoms with Gasteiger partial charge in [0.15, 0.2) is 0 Å². The van der Waals surface area contributed by atoms with E-state index in [0.717, 1.165) is 39.5 Å². The summed E-state index contributed by atoms with van der Waals surface area (Å²) in [5.74, 6) is 0.255. The highest BCUT2D eigenvalue weighted by Gasteiger charge is 2.26. The van der Waals surface area contributed by atoms with Crippen LogP contribution in [-0.2, 0) is 21.4 Å². The summed E-state index contributed by atoms with van der Waals surface area (Å²) < 4.78 is 24.3. The maximum atomic E-state index is 12.1. The molecule has 2 heterocycles. The first kappa shape index (κ1) is 22.8. The number of carbonyl (C=O) groups is 1. The molecule has 9 heteroatoms. The molecule has 2 aromatic carbocycles. The quantitative estimate of drug-likeness (QED) is 0.574. The van der Waals surface area contributed by atoms with Crippen molar-refractivity contribution >= 4 is 42.6 Å². The molecule has 0 saturated carbocycles. The number of nitrogens with zero attached hydrogens (tertiary/aromatic N) is 3. The Morgan fingerprint density at radius 1 is 1.19 bits per heavy atom. The normalized spacial score (nSPS) is 18.0. The molecule has 0 bridgehead atoms. The summed E-state index contributed by atoms with van der Waals surface area (Å²) >= 11 is 3.72. The molecule has 1 aromatic heterocycles. The molecule has 1 amide bonds. The fraction of sp³-hybridized carbons (Fsp3) is 0.304. The van der Waals surface area contributed by atoms with Crippen LogP contribution in [0.4, 0.5) is 0 Å². The lowest BCUT2D eigenvalue weighted by Crippen LogP contribution is -2.34. The van der Waals surface area contributed by atoms with E-state index in [-0.39, 0.29) is 16.7 Å². The highest BCUT2D eigenvalue weighted by atomic mass is 79.9. The van der Waals surface area contributed by atoms with E-state index < -0.39 is 10.0 Å². The van der Waals surface area contributed by atoms with Gasteiger partial charge in [0, 0.05) is 62.4 Å². The van der Waals surface area contributed by atoms with Gasteiger partial charge in [-0.3, -0.25) is 14.7 Å². The number of benzene rings is 2. The van der Waals surface area contributed by atoms with Gasteiger partial charge in [-0.05, 0) is 56.0 Å². The van der Waals surface area contributed by atoms with Crippen molar-refractivity contribution in [3.63, 3.8) is 0 Å². The first-order valence-corrected chi connectivity index (χ1v) is 12.7. The van der Waals surface area contributed by atoms with E-state index in [1.54, 1.807) is 25.3 Å². The minimum atomic E-state index is -3.75. The maximum absolute atomic E-state index is 12.1. The van der Waals surface area contributed by atoms with Gasteiger partial charge >= 0.3 is 0 Å². The van der Waals surface area contributed by atoms with Crippen molar-refractivity contribution < 1.29 is 13.2 Å². The molecule has 0 aliphatic carbocycles. The third-order valence-electron chi connectivity index (χ3n) is 5.93. The van der Waals surface area contributed by atoms with Gasteiger partial charge in [-0.2, -0.15) is 0 Å². The molecule has 2 N–H and O–H groups in total. The SMILES string of the molecule is CC(=O)N1CCN(Cc2ccc3cc(S(N)(=O)=O)ccc3c2Br)C[C@@H](c2cccnc2)C1. The number of rotatable bonds is 4. The van der Waals surface area contributed by atoms with Crippen molar-refractivity contribution in [2.45, 2.75) is 24.3 Å². The van der Waals surface area contributed by atoms with Crippen molar-refractivity contribution in [3.8, 4) is 0 Å². The number of hydrogen-bond acceptors (Lipinski definition) is 5. The Labute approximate surface area is 196 Å². The predicted molar refractivity (Wildman–Crippen MR) is 128 cm³/mol. The molecule has 0 unspecified atom stereocenters. The molecule has 1 aliphatic rings. The van der Waals surface area contributed by atoms with E-state index in [9.17, 15) is 13.2 Å². The Balaban J connectivity index is 1.62. The molecule has 4 rings (SSSR count). The molecule has 1 atom stereocenters. The summed E-state index contributed by atoms with van der Waals surface area (Å²) in [6.07, 6.45) is 3.63. The lowest BCUT2D eigenvalue weighted by Gasteiger charge is -2.25. The van der Waals surface area contributed by atoms with Crippen LogP contribution < -0.4 is 5.14 Å². The number of nitrogens with two attached hydrogens (primary N) is 1. The van der Waals surface area contributed by atoms with Crippen molar-refractivity contribution in [3.05, 3.63) is 70.5 Å². The van der Waals surface area contributed by atoms with Crippen LogP contribution in [0.1, 0.15) is 24.0 Å². The van der Waals surface area contributed by atoms with Gasteiger partial charge in [-0.1, -0.05) is 24.3 Å². The summed E-state index contributed by atoms with van der Waals surface area (Å²) in [6.45, 7) is 5.25. The van der Waals surface area contributed by atoms with Crippen LogP contribution in [0.2, 0.25) is 0 Å². The van der Waals surface area contributed by atoms with Crippen LogP contribution >= 0.6 is 15.9 Å². The zero-order valence-corrected chi connectivity index (χ0v) is 20.1. The number of sulfonamides is 1. The third-order valence-corrected chi connectivity index (χ3v) is 7.78. The Morgan fingerprint density at radius 3 is 2.69 bits per heavy atom. The van der Waals surface area contributed by atoms with Crippen molar-refractivity contribution in [1.29, 1.82) is 0 Å². The topological polar surface area (TPSA) is 96.6 Å². The fourth-order valence-corrected chi connectivity index (χ4v) is 5.36. The van der Waals surface area contributed by atoms with Crippen molar-refractivity contribution in [1.82, 2.24) is 14.8 Å². The van der Waals surface area contributed by atoms with E-state index in [2.05, 4.69) is 31.9 Å². The van der Waals surface area contributed by atoms with E-state index in [4.69, 9.17) is 5.14 Å². The summed E-state index contributed by atoms with van der Waals surface area (Å²) in [5, 5.41) is 7.00. The average molecular weight is 517 g/mol. The number of fused-ring (bicyclic) bond motifs is 1. The number of amides is 1. The van der Waals surface area contributed by atoms with E-state index in [1.165, 1.54) is 6.07 Å². The van der Waals surface area contributed by atoms with Crippen LogP contribution in [0, 0.1) is 0 Å². The van der Waals surface area contributed by atoms with Gasteiger partial charge in [0.25, 0.3) is 0 Å². The number of carbonyl (C=O) groups excluding carboxylic acids is 1. The second kappa shape index (κ2) is 9.27. The predicted octanol–water partition coefficient (Wildman–Crippen LogP) is 3.09. The zero-order valence-electron chi connectivity index (χ0n) is 17.7. The van der Waals surface area contributed by atoms with E-state index in [0.29, 0.717) is 19.6 Å². The van der Waals surface area contributed by atoms with Crippen molar-refractivity contribution in [2.75, 3.05) is 26.2 Å². The summed E-state index contributed by atoms with van der Waals surface area (Å²) in [4.78, 5) is 20.7. The molecule has 1 saturated heterocycles.